The highest BCUT2D eigenvalue weighted by Gasteiger charge is 2.23. The summed E-state index contributed by atoms with van der Waals surface area (Å²) in [5, 5.41) is 8.78. The largest absolute Gasteiger partial charge is 0.481 e. The van der Waals surface area contributed by atoms with Gasteiger partial charge < -0.3 is 14.1 Å². The predicted octanol–water partition coefficient (Wildman–Crippen LogP) is 3.30. The Kier molecular flexibility index (Phi) is 5.81. The first kappa shape index (κ1) is 16.6. The lowest BCUT2D eigenvalue weighted by Gasteiger charge is -2.24. The van der Waals surface area contributed by atoms with E-state index in [0.717, 1.165) is 5.56 Å². The Hall–Kier alpha value is -2.74. The van der Waals surface area contributed by atoms with Crippen LogP contribution in [0.5, 0.6) is 5.75 Å². The first-order valence-electron chi connectivity index (χ1n) is 7.51. The molecule has 0 N–H and O–H groups in total. The molecule has 0 radical (unpaired) electrons. The van der Waals surface area contributed by atoms with Crippen molar-refractivity contribution >= 4 is 5.91 Å². The van der Waals surface area contributed by atoms with Gasteiger partial charge in [0.05, 0.1) is 25.3 Å². The summed E-state index contributed by atoms with van der Waals surface area (Å²) in [5.41, 5.74) is 1.07. The highest BCUT2D eigenvalue weighted by Crippen LogP contribution is 2.16. The number of hydrogen-bond donors (Lipinski definition) is 0. The second-order valence-corrected chi connectivity index (χ2v) is 5.32. The summed E-state index contributed by atoms with van der Waals surface area (Å²) in [6.07, 6.45) is 1.20. The molecule has 1 aromatic heterocycles. The fraction of sp³-hybridized carbons (Fsp3) is 0.333. The Balaban J connectivity index is 2.04. The SMILES string of the molecule is Cc1cccc(OC(C)C(=O)N(CCC#N)Cc2ccco2)c1. The minimum atomic E-state index is -0.634. The highest BCUT2D eigenvalue weighted by molar-refractivity contribution is 5.80. The highest BCUT2D eigenvalue weighted by atomic mass is 16.5. The monoisotopic (exact) mass is 312 g/mol. The zero-order valence-corrected chi connectivity index (χ0v) is 13.4. The third kappa shape index (κ3) is 4.89. The number of carbonyl (C=O) groups excluding carboxylic acids is 1. The van der Waals surface area contributed by atoms with Gasteiger partial charge in [0.15, 0.2) is 6.10 Å². The van der Waals surface area contributed by atoms with Crippen molar-refractivity contribution in [1.29, 1.82) is 5.26 Å². The van der Waals surface area contributed by atoms with Crippen LogP contribution in [0.15, 0.2) is 47.1 Å². The van der Waals surface area contributed by atoms with E-state index in [1.807, 2.05) is 31.2 Å². The molecule has 0 saturated heterocycles. The lowest BCUT2D eigenvalue weighted by atomic mass is 10.2. The molecule has 1 unspecified atom stereocenters. The molecule has 1 aromatic carbocycles. The van der Waals surface area contributed by atoms with Crippen molar-refractivity contribution in [1.82, 2.24) is 4.90 Å². The Morgan fingerprint density at radius 2 is 2.22 bits per heavy atom. The van der Waals surface area contributed by atoms with Crippen LogP contribution in [0.4, 0.5) is 0 Å². The molecule has 5 nitrogen and oxygen atoms in total. The van der Waals surface area contributed by atoms with Crippen molar-refractivity contribution in [3.63, 3.8) is 0 Å². The minimum Gasteiger partial charge on any atom is -0.481 e. The van der Waals surface area contributed by atoms with E-state index >= 15 is 0 Å². The molecule has 0 fully saturated rings. The second-order valence-electron chi connectivity index (χ2n) is 5.32. The van der Waals surface area contributed by atoms with E-state index in [9.17, 15) is 4.79 Å². The lowest BCUT2D eigenvalue weighted by Crippen LogP contribution is -2.40. The van der Waals surface area contributed by atoms with Crippen LogP contribution in [0.2, 0.25) is 0 Å². The molecule has 23 heavy (non-hydrogen) atoms. The summed E-state index contributed by atoms with van der Waals surface area (Å²) in [6, 6.07) is 13.2. The fourth-order valence-corrected chi connectivity index (χ4v) is 2.24. The maximum Gasteiger partial charge on any atom is 0.263 e. The number of rotatable bonds is 7. The van der Waals surface area contributed by atoms with Crippen LogP contribution >= 0.6 is 0 Å². The summed E-state index contributed by atoms with van der Waals surface area (Å²) in [6.45, 7) is 4.36. The first-order chi connectivity index (χ1) is 11.1. The molecule has 2 aromatic rings. The van der Waals surface area contributed by atoms with E-state index in [-0.39, 0.29) is 12.3 Å². The van der Waals surface area contributed by atoms with E-state index in [1.54, 1.807) is 30.2 Å². The van der Waals surface area contributed by atoms with Crippen LogP contribution in [0.1, 0.15) is 24.7 Å². The Labute approximate surface area is 136 Å². The molecular formula is C18H20N2O3. The molecule has 5 heteroatoms. The van der Waals surface area contributed by atoms with Crippen molar-refractivity contribution in [2.75, 3.05) is 6.54 Å². The van der Waals surface area contributed by atoms with Crippen molar-refractivity contribution in [3.8, 4) is 11.8 Å². The van der Waals surface area contributed by atoms with Gasteiger partial charge in [0.25, 0.3) is 5.91 Å². The van der Waals surface area contributed by atoms with Crippen molar-refractivity contribution in [2.45, 2.75) is 32.9 Å². The summed E-state index contributed by atoms with van der Waals surface area (Å²) >= 11 is 0. The van der Waals surface area contributed by atoms with E-state index in [1.165, 1.54) is 0 Å². The third-order valence-corrected chi connectivity index (χ3v) is 3.38. The smallest absolute Gasteiger partial charge is 0.263 e. The quantitative estimate of drug-likeness (QED) is 0.786. The van der Waals surface area contributed by atoms with Crippen LogP contribution in [-0.2, 0) is 11.3 Å². The van der Waals surface area contributed by atoms with Crippen LogP contribution in [-0.4, -0.2) is 23.5 Å². The number of nitrogens with zero attached hydrogens (tertiary/aromatic N) is 2. The Morgan fingerprint density at radius 3 is 2.87 bits per heavy atom. The minimum absolute atomic E-state index is 0.168. The number of amides is 1. The number of carbonyl (C=O) groups is 1. The lowest BCUT2D eigenvalue weighted by molar-refractivity contribution is -0.138. The predicted molar refractivity (Wildman–Crippen MR) is 85.6 cm³/mol. The first-order valence-corrected chi connectivity index (χ1v) is 7.51. The number of hydrogen-bond acceptors (Lipinski definition) is 4. The number of nitriles is 1. The molecule has 120 valence electrons. The average molecular weight is 312 g/mol. The Bertz CT molecular complexity index is 674. The van der Waals surface area contributed by atoms with Gasteiger partial charge in [-0.1, -0.05) is 12.1 Å². The molecule has 0 bridgehead atoms. The maximum atomic E-state index is 12.6. The topological polar surface area (TPSA) is 66.5 Å². The zero-order chi connectivity index (χ0) is 16.7. The standard InChI is InChI=1S/C18H20N2O3/c1-14-6-3-7-16(12-14)23-15(2)18(21)20(10-5-9-19)13-17-8-4-11-22-17/h3-4,6-8,11-12,15H,5,10,13H2,1-2H3. The van der Waals surface area contributed by atoms with Gasteiger partial charge in [0, 0.05) is 6.54 Å². The van der Waals surface area contributed by atoms with Crippen LogP contribution in [0.3, 0.4) is 0 Å². The third-order valence-electron chi connectivity index (χ3n) is 3.38. The van der Waals surface area contributed by atoms with E-state index in [4.69, 9.17) is 14.4 Å². The van der Waals surface area contributed by atoms with Gasteiger partial charge in [-0.05, 0) is 43.7 Å². The van der Waals surface area contributed by atoms with Crippen molar-refractivity contribution < 1.29 is 13.9 Å². The van der Waals surface area contributed by atoms with Crippen molar-refractivity contribution in [3.05, 3.63) is 54.0 Å². The molecule has 1 atom stereocenters. The molecule has 0 spiro atoms. The summed E-state index contributed by atoms with van der Waals surface area (Å²) in [5.74, 6) is 1.17. The molecule has 1 heterocycles. The molecule has 0 aliphatic carbocycles. The summed E-state index contributed by atoms with van der Waals surface area (Å²) in [4.78, 5) is 14.2. The van der Waals surface area contributed by atoms with Gasteiger partial charge in [-0.2, -0.15) is 5.26 Å². The molecule has 0 aliphatic rings. The average Bonchev–Trinajstić information content (AvgIpc) is 3.03. The molecule has 0 saturated carbocycles. The summed E-state index contributed by atoms with van der Waals surface area (Å²) in [7, 11) is 0. The number of furan rings is 1. The van der Waals surface area contributed by atoms with Gasteiger partial charge >= 0.3 is 0 Å². The number of aryl methyl sites for hydroxylation is 1. The number of benzene rings is 1. The van der Waals surface area contributed by atoms with E-state index < -0.39 is 6.10 Å². The molecule has 1 amide bonds. The van der Waals surface area contributed by atoms with Gasteiger partial charge in [-0.3, -0.25) is 4.79 Å². The van der Waals surface area contributed by atoms with Crippen LogP contribution in [0, 0.1) is 18.3 Å². The van der Waals surface area contributed by atoms with Crippen LogP contribution in [0.25, 0.3) is 0 Å². The van der Waals surface area contributed by atoms with Gasteiger partial charge in [0.1, 0.15) is 11.5 Å². The zero-order valence-electron chi connectivity index (χ0n) is 13.4. The summed E-state index contributed by atoms with van der Waals surface area (Å²) < 4.78 is 11.0. The van der Waals surface area contributed by atoms with Crippen LogP contribution < -0.4 is 4.74 Å². The fourth-order valence-electron chi connectivity index (χ4n) is 2.24. The molecule has 0 aliphatic heterocycles. The normalized spacial score (nSPS) is 11.5. The molecule has 2 rings (SSSR count). The second kappa shape index (κ2) is 8.04. The van der Waals surface area contributed by atoms with Gasteiger partial charge in [0.2, 0.25) is 0 Å². The van der Waals surface area contributed by atoms with Gasteiger partial charge in [-0.25, -0.2) is 0 Å². The molecular weight excluding hydrogens is 292 g/mol. The van der Waals surface area contributed by atoms with E-state index in [2.05, 4.69) is 6.07 Å². The number of ether oxygens (including phenoxy) is 1. The Morgan fingerprint density at radius 1 is 1.39 bits per heavy atom. The van der Waals surface area contributed by atoms with E-state index in [0.29, 0.717) is 24.6 Å². The maximum absolute atomic E-state index is 12.6. The van der Waals surface area contributed by atoms with Gasteiger partial charge in [-0.15, -0.1) is 0 Å². The van der Waals surface area contributed by atoms with Crippen molar-refractivity contribution in [2.24, 2.45) is 0 Å².